The molecule has 1 atom stereocenters. The molecule has 0 saturated heterocycles. The molecule has 0 aromatic heterocycles. The molecule has 0 radical (unpaired) electrons. The van der Waals surface area contributed by atoms with Gasteiger partial charge in [-0.1, -0.05) is 0 Å². The van der Waals surface area contributed by atoms with Gasteiger partial charge in [-0.2, -0.15) is 0 Å². The molecular weight excluding hydrogens is 90.1 g/mol. The van der Waals surface area contributed by atoms with Crippen molar-refractivity contribution in [2.45, 2.75) is 19.4 Å². The van der Waals surface area contributed by atoms with Gasteiger partial charge in [-0.3, -0.25) is 0 Å². The van der Waals surface area contributed by atoms with Crippen LogP contribution in [0.25, 0.3) is 0 Å². The first kappa shape index (κ1) is 6.92. The highest BCUT2D eigenvalue weighted by Gasteiger charge is 1.89. The van der Waals surface area contributed by atoms with Gasteiger partial charge < -0.3 is 10.4 Å². The highest BCUT2D eigenvalue weighted by Crippen LogP contribution is 1.83. The summed E-state index contributed by atoms with van der Waals surface area (Å²) in [7, 11) is 1.88. The summed E-state index contributed by atoms with van der Waals surface area (Å²) < 4.78 is 0. The van der Waals surface area contributed by atoms with Gasteiger partial charge in [0.1, 0.15) is 0 Å². The molecule has 0 spiro atoms. The van der Waals surface area contributed by atoms with Gasteiger partial charge in [0.2, 0.25) is 0 Å². The van der Waals surface area contributed by atoms with Gasteiger partial charge in [-0.25, -0.2) is 0 Å². The van der Waals surface area contributed by atoms with Gasteiger partial charge in [0.25, 0.3) is 0 Å². The number of aliphatic hydroxyl groups excluding tert-OH is 1. The lowest BCUT2D eigenvalue weighted by Crippen LogP contribution is -2.13. The molecule has 0 heterocycles. The summed E-state index contributed by atoms with van der Waals surface area (Å²) in [6.07, 6.45) is 0.684. The Morgan fingerprint density at radius 3 is 2.43 bits per heavy atom. The summed E-state index contributed by atoms with van der Waals surface area (Å²) in [5.41, 5.74) is 0. The molecule has 0 aliphatic rings. The molecule has 2 heteroatoms. The first-order chi connectivity index (χ1) is 3.27. The standard InChI is InChI=1S/C5H13NO/c1-5(7)3-4-6-2/h5-7H,3-4H2,1-2H3/t5-/m0/s1. The minimum Gasteiger partial charge on any atom is -0.393 e. The third kappa shape index (κ3) is 5.92. The van der Waals surface area contributed by atoms with Gasteiger partial charge in [-0.05, 0) is 26.9 Å². The fraction of sp³-hybridized carbons (Fsp3) is 1.00. The highest BCUT2D eigenvalue weighted by molar-refractivity contribution is 4.46. The van der Waals surface area contributed by atoms with E-state index in [-0.39, 0.29) is 6.10 Å². The van der Waals surface area contributed by atoms with Crippen LogP contribution in [-0.4, -0.2) is 24.8 Å². The monoisotopic (exact) mass is 103 g/mol. The molecule has 0 aliphatic carbocycles. The van der Waals surface area contributed by atoms with Crippen molar-refractivity contribution >= 4 is 0 Å². The zero-order valence-electron chi connectivity index (χ0n) is 4.94. The van der Waals surface area contributed by atoms with Crippen LogP contribution in [0.5, 0.6) is 0 Å². The lowest BCUT2D eigenvalue weighted by molar-refractivity contribution is 0.184. The highest BCUT2D eigenvalue weighted by atomic mass is 16.3. The van der Waals surface area contributed by atoms with Crippen molar-refractivity contribution in [3.8, 4) is 0 Å². The van der Waals surface area contributed by atoms with Crippen molar-refractivity contribution in [3.63, 3.8) is 0 Å². The smallest absolute Gasteiger partial charge is 0.0524 e. The van der Waals surface area contributed by atoms with Crippen molar-refractivity contribution in [3.05, 3.63) is 0 Å². The molecule has 0 rings (SSSR count). The molecular formula is C5H13NO. The van der Waals surface area contributed by atoms with Crippen molar-refractivity contribution in [1.29, 1.82) is 0 Å². The second-order valence-electron chi connectivity index (χ2n) is 1.74. The second kappa shape index (κ2) is 4.09. The van der Waals surface area contributed by atoms with Crippen LogP contribution in [0.4, 0.5) is 0 Å². The van der Waals surface area contributed by atoms with Crippen molar-refractivity contribution in [2.75, 3.05) is 13.6 Å². The summed E-state index contributed by atoms with van der Waals surface area (Å²) in [5.74, 6) is 0. The molecule has 44 valence electrons. The van der Waals surface area contributed by atoms with E-state index in [4.69, 9.17) is 5.11 Å². The minimum absolute atomic E-state index is 0.160. The summed E-state index contributed by atoms with van der Waals surface area (Å²) >= 11 is 0. The van der Waals surface area contributed by atoms with Crippen LogP contribution in [-0.2, 0) is 0 Å². The van der Waals surface area contributed by atoms with E-state index in [0.29, 0.717) is 0 Å². The molecule has 0 unspecified atom stereocenters. The maximum atomic E-state index is 8.64. The van der Waals surface area contributed by atoms with E-state index in [1.807, 2.05) is 7.05 Å². The summed E-state index contributed by atoms with van der Waals surface area (Å²) in [4.78, 5) is 0. The molecule has 0 bridgehead atoms. The molecule has 0 aliphatic heterocycles. The number of hydrogen-bond donors (Lipinski definition) is 2. The predicted octanol–water partition coefficient (Wildman–Crippen LogP) is -0.0233. The maximum absolute atomic E-state index is 8.64. The third-order valence-electron chi connectivity index (χ3n) is 0.812. The number of hydrogen-bond acceptors (Lipinski definition) is 2. The van der Waals surface area contributed by atoms with Gasteiger partial charge in [-0.15, -0.1) is 0 Å². The summed E-state index contributed by atoms with van der Waals surface area (Å²) in [5, 5.41) is 11.6. The van der Waals surface area contributed by atoms with Crippen molar-refractivity contribution in [1.82, 2.24) is 5.32 Å². The van der Waals surface area contributed by atoms with Crippen LogP contribution in [0, 0.1) is 0 Å². The van der Waals surface area contributed by atoms with E-state index in [2.05, 4.69) is 5.32 Å². The Morgan fingerprint density at radius 2 is 2.29 bits per heavy atom. The zero-order chi connectivity index (χ0) is 5.70. The summed E-state index contributed by atoms with van der Waals surface area (Å²) in [6.45, 7) is 2.69. The maximum Gasteiger partial charge on any atom is 0.0524 e. The number of nitrogens with one attached hydrogen (secondary N) is 1. The van der Waals surface area contributed by atoms with E-state index in [9.17, 15) is 0 Å². The third-order valence-corrected chi connectivity index (χ3v) is 0.812. The van der Waals surface area contributed by atoms with Gasteiger partial charge >= 0.3 is 0 Å². The Balaban J connectivity index is 2.68. The molecule has 0 amide bonds. The normalized spacial score (nSPS) is 14.1. The van der Waals surface area contributed by atoms with E-state index >= 15 is 0 Å². The predicted molar refractivity (Wildman–Crippen MR) is 30.2 cm³/mol. The SMILES string of the molecule is CNCC[C@H](C)O. The second-order valence-corrected chi connectivity index (χ2v) is 1.74. The largest absolute Gasteiger partial charge is 0.393 e. The van der Waals surface area contributed by atoms with Crippen LogP contribution in [0.3, 0.4) is 0 Å². The Hall–Kier alpha value is -0.0800. The van der Waals surface area contributed by atoms with Gasteiger partial charge in [0.05, 0.1) is 6.10 Å². The van der Waals surface area contributed by atoms with E-state index in [0.717, 1.165) is 13.0 Å². The lowest BCUT2D eigenvalue weighted by Gasteiger charge is -1.99. The Labute approximate surface area is 44.5 Å². The molecule has 2 nitrogen and oxygen atoms in total. The van der Waals surface area contributed by atoms with Crippen LogP contribution in [0.2, 0.25) is 0 Å². The van der Waals surface area contributed by atoms with Crippen LogP contribution in [0.1, 0.15) is 13.3 Å². The average molecular weight is 103 g/mol. The fourth-order valence-corrected chi connectivity index (χ4v) is 0.353. The van der Waals surface area contributed by atoms with Crippen LogP contribution in [0.15, 0.2) is 0 Å². The average Bonchev–Trinajstić information content (AvgIpc) is 1.61. The molecule has 0 aromatic rings. The molecule has 0 aromatic carbocycles. The van der Waals surface area contributed by atoms with Gasteiger partial charge in [0, 0.05) is 0 Å². The first-order valence-corrected chi connectivity index (χ1v) is 2.60. The zero-order valence-corrected chi connectivity index (χ0v) is 4.94. The quantitative estimate of drug-likeness (QED) is 0.526. The molecule has 0 fully saturated rings. The van der Waals surface area contributed by atoms with Crippen molar-refractivity contribution in [2.24, 2.45) is 0 Å². The first-order valence-electron chi connectivity index (χ1n) is 2.60. The van der Waals surface area contributed by atoms with Crippen LogP contribution < -0.4 is 5.32 Å². The lowest BCUT2D eigenvalue weighted by atomic mass is 10.3. The topological polar surface area (TPSA) is 32.3 Å². The number of rotatable bonds is 3. The Kier molecular flexibility index (Phi) is 4.04. The number of aliphatic hydroxyl groups is 1. The van der Waals surface area contributed by atoms with Gasteiger partial charge in [0.15, 0.2) is 0 Å². The van der Waals surface area contributed by atoms with Crippen LogP contribution >= 0.6 is 0 Å². The Bertz CT molecular complexity index is 37.1. The van der Waals surface area contributed by atoms with Crippen molar-refractivity contribution < 1.29 is 5.11 Å². The van der Waals surface area contributed by atoms with E-state index in [1.165, 1.54) is 0 Å². The molecule has 0 saturated carbocycles. The Morgan fingerprint density at radius 1 is 1.71 bits per heavy atom. The molecule has 7 heavy (non-hydrogen) atoms. The van der Waals surface area contributed by atoms with E-state index in [1.54, 1.807) is 6.92 Å². The van der Waals surface area contributed by atoms with E-state index < -0.39 is 0 Å². The summed E-state index contributed by atoms with van der Waals surface area (Å²) in [6, 6.07) is 0. The fourth-order valence-electron chi connectivity index (χ4n) is 0.353. The molecule has 2 N–H and O–H groups in total. The minimum atomic E-state index is -0.160.